The van der Waals surface area contributed by atoms with Crippen LogP contribution in [0.2, 0.25) is 0 Å². The summed E-state index contributed by atoms with van der Waals surface area (Å²) >= 11 is 0. The number of amides is 1. The molecule has 0 aliphatic carbocycles. The van der Waals surface area contributed by atoms with Crippen LogP contribution < -0.4 is 10.2 Å². The molecule has 1 aromatic rings. The van der Waals surface area contributed by atoms with Gasteiger partial charge in [0, 0.05) is 12.2 Å². The normalized spacial score (nSPS) is 20.2. The summed E-state index contributed by atoms with van der Waals surface area (Å²) in [6, 6.07) is 7.47. The van der Waals surface area contributed by atoms with Crippen LogP contribution in [0.3, 0.4) is 0 Å². The van der Waals surface area contributed by atoms with E-state index >= 15 is 0 Å². The number of hydrogen-bond acceptors (Lipinski definition) is 3. The Labute approximate surface area is 108 Å². The van der Waals surface area contributed by atoms with Gasteiger partial charge in [0.1, 0.15) is 0 Å². The van der Waals surface area contributed by atoms with Crippen LogP contribution in [0.1, 0.15) is 25.3 Å². The van der Waals surface area contributed by atoms with Gasteiger partial charge in [-0.2, -0.15) is 0 Å². The molecule has 1 atom stereocenters. The smallest absolute Gasteiger partial charge is 0.244 e. The van der Waals surface area contributed by atoms with Gasteiger partial charge in [-0.05, 0) is 37.1 Å². The van der Waals surface area contributed by atoms with Crippen molar-refractivity contribution in [3.8, 4) is 0 Å². The van der Waals surface area contributed by atoms with Crippen molar-refractivity contribution >= 4 is 11.6 Å². The zero-order valence-corrected chi connectivity index (χ0v) is 10.7. The molecular weight excluding hydrogens is 228 g/mol. The van der Waals surface area contributed by atoms with Crippen LogP contribution in [-0.2, 0) is 11.4 Å². The average Bonchev–Trinajstić information content (AvgIpc) is 2.42. The third-order valence-corrected chi connectivity index (χ3v) is 3.32. The summed E-state index contributed by atoms with van der Waals surface area (Å²) in [5, 5.41) is 12.2. The van der Waals surface area contributed by atoms with E-state index in [2.05, 4.69) is 5.32 Å². The minimum absolute atomic E-state index is 0.0360. The van der Waals surface area contributed by atoms with Crippen LogP contribution in [0.4, 0.5) is 5.69 Å². The lowest BCUT2D eigenvalue weighted by atomic mass is 10.0. The number of benzene rings is 1. The predicted molar refractivity (Wildman–Crippen MR) is 71.4 cm³/mol. The van der Waals surface area contributed by atoms with Crippen LogP contribution in [0.5, 0.6) is 0 Å². The summed E-state index contributed by atoms with van der Waals surface area (Å²) in [6.45, 7) is 3.64. The molecule has 4 heteroatoms. The maximum Gasteiger partial charge on any atom is 0.244 e. The van der Waals surface area contributed by atoms with Crippen molar-refractivity contribution in [2.45, 2.75) is 32.4 Å². The van der Waals surface area contributed by atoms with Crippen LogP contribution in [0.25, 0.3) is 0 Å². The second-order valence-corrected chi connectivity index (χ2v) is 4.57. The average molecular weight is 248 g/mol. The fourth-order valence-corrected chi connectivity index (χ4v) is 2.35. The van der Waals surface area contributed by atoms with Gasteiger partial charge in [-0.3, -0.25) is 4.79 Å². The number of hydrogen-bond donors (Lipinski definition) is 2. The van der Waals surface area contributed by atoms with Gasteiger partial charge in [0.2, 0.25) is 5.91 Å². The number of carbonyl (C=O) groups is 1. The van der Waals surface area contributed by atoms with E-state index in [0.717, 1.165) is 37.2 Å². The van der Waals surface area contributed by atoms with Gasteiger partial charge in [0.15, 0.2) is 0 Å². The Morgan fingerprint density at radius 2 is 2.11 bits per heavy atom. The Morgan fingerprint density at radius 1 is 1.39 bits per heavy atom. The number of anilines is 1. The summed E-state index contributed by atoms with van der Waals surface area (Å²) in [4.78, 5) is 14.1. The van der Waals surface area contributed by atoms with Crippen molar-refractivity contribution in [2.75, 3.05) is 18.0 Å². The largest absolute Gasteiger partial charge is 0.392 e. The van der Waals surface area contributed by atoms with Crippen molar-refractivity contribution in [3.63, 3.8) is 0 Å². The molecule has 1 fully saturated rings. The molecule has 0 saturated carbocycles. The number of rotatable bonds is 4. The predicted octanol–water partition coefficient (Wildman–Crippen LogP) is 1.28. The third-order valence-electron chi connectivity index (χ3n) is 3.32. The molecule has 1 aromatic carbocycles. The minimum Gasteiger partial charge on any atom is -0.392 e. The van der Waals surface area contributed by atoms with E-state index in [4.69, 9.17) is 5.11 Å². The van der Waals surface area contributed by atoms with E-state index in [9.17, 15) is 4.79 Å². The molecule has 1 aliphatic rings. The van der Waals surface area contributed by atoms with Crippen molar-refractivity contribution < 1.29 is 9.90 Å². The molecule has 1 saturated heterocycles. The molecule has 1 heterocycles. The molecular formula is C14H20N2O2. The molecule has 0 spiro atoms. The van der Waals surface area contributed by atoms with E-state index in [0.29, 0.717) is 0 Å². The molecule has 0 aromatic heterocycles. The number of nitrogens with zero attached hydrogens (tertiary/aromatic N) is 1. The molecule has 1 unspecified atom stereocenters. The number of aliphatic hydroxyl groups is 1. The Morgan fingerprint density at radius 3 is 2.72 bits per heavy atom. The summed E-state index contributed by atoms with van der Waals surface area (Å²) in [7, 11) is 0. The van der Waals surface area contributed by atoms with Crippen LogP contribution >= 0.6 is 0 Å². The molecule has 0 radical (unpaired) electrons. The molecule has 0 bridgehead atoms. The Balaban J connectivity index is 2.13. The standard InChI is InChI=1S/C14H20N2O2/c1-2-15-13-4-3-9-16(14(13)18)12-7-5-11(10-17)6-8-12/h5-8,13,15,17H,2-4,9-10H2,1H3. The zero-order valence-electron chi connectivity index (χ0n) is 10.7. The summed E-state index contributed by atoms with van der Waals surface area (Å²) in [5.74, 6) is 0.153. The summed E-state index contributed by atoms with van der Waals surface area (Å²) < 4.78 is 0. The second kappa shape index (κ2) is 5.98. The van der Waals surface area contributed by atoms with Crippen LogP contribution in [0.15, 0.2) is 24.3 Å². The van der Waals surface area contributed by atoms with E-state index in [-0.39, 0.29) is 18.6 Å². The number of nitrogens with one attached hydrogen (secondary N) is 1. The van der Waals surface area contributed by atoms with Crippen molar-refractivity contribution in [3.05, 3.63) is 29.8 Å². The first-order valence-electron chi connectivity index (χ1n) is 6.50. The van der Waals surface area contributed by atoms with Gasteiger partial charge in [-0.1, -0.05) is 19.1 Å². The first-order valence-corrected chi connectivity index (χ1v) is 6.50. The van der Waals surface area contributed by atoms with Crippen molar-refractivity contribution in [1.82, 2.24) is 5.32 Å². The van der Waals surface area contributed by atoms with E-state index < -0.39 is 0 Å². The molecule has 2 N–H and O–H groups in total. The van der Waals surface area contributed by atoms with E-state index in [1.54, 1.807) is 0 Å². The lowest BCUT2D eigenvalue weighted by molar-refractivity contribution is -0.121. The fraction of sp³-hybridized carbons (Fsp3) is 0.500. The second-order valence-electron chi connectivity index (χ2n) is 4.57. The maximum atomic E-state index is 12.3. The summed E-state index contributed by atoms with van der Waals surface area (Å²) in [5.41, 5.74) is 1.78. The van der Waals surface area contributed by atoms with Crippen LogP contribution in [0, 0.1) is 0 Å². The highest BCUT2D eigenvalue weighted by Crippen LogP contribution is 2.21. The van der Waals surface area contributed by atoms with Crippen molar-refractivity contribution in [2.24, 2.45) is 0 Å². The first kappa shape index (κ1) is 13.1. The minimum atomic E-state index is -0.0544. The van der Waals surface area contributed by atoms with Gasteiger partial charge >= 0.3 is 0 Å². The van der Waals surface area contributed by atoms with Gasteiger partial charge < -0.3 is 15.3 Å². The van der Waals surface area contributed by atoms with Crippen LogP contribution in [-0.4, -0.2) is 30.1 Å². The zero-order chi connectivity index (χ0) is 13.0. The highest BCUT2D eigenvalue weighted by atomic mass is 16.3. The maximum absolute atomic E-state index is 12.3. The first-order chi connectivity index (χ1) is 8.76. The Hall–Kier alpha value is -1.39. The lowest BCUT2D eigenvalue weighted by Gasteiger charge is -2.32. The number of likely N-dealkylation sites (N-methyl/N-ethyl adjacent to an activating group) is 1. The monoisotopic (exact) mass is 248 g/mol. The van der Waals surface area contributed by atoms with E-state index in [1.165, 1.54) is 0 Å². The molecule has 2 rings (SSSR count). The SMILES string of the molecule is CCNC1CCCN(c2ccc(CO)cc2)C1=O. The number of aliphatic hydroxyl groups excluding tert-OH is 1. The Bertz CT molecular complexity index is 401. The molecule has 98 valence electrons. The van der Waals surface area contributed by atoms with Gasteiger partial charge in [-0.15, -0.1) is 0 Å². The lowest BCUT2D eigenvalue weighted by Crippen LogP contribution is -2.50. The third kappa shape index (κ3) is 2.71. The van der Waals surface area contributed by atoms with Gasteiger partial charge in [0.25, 0.3) is 0 Å². The molecule has 4 nitrogen and oxygen atoms in total. The fourth-order valence-electron chi connectivity index (χ4n) is 2.35. The Kier molecular flexibility index (Phi) is 4.33. The van der Waals surface area contributed by atoms with Crippen molar-refractivity contribution in [1.29, 1.82) is 0 Å². The molecule has 1 aliphatic heterocycles. The highest BCUT2D eigenvalue weighted by Gasteiger charge is 2.28. The summed E-state index contributed by atoms with van der Waals surface area (Å²) in [6.07, 6.45) is 1.93. The quantitative estimate of drug-likeness (QED) is 0.844. The van der Waals surface area contributed by atoms with Gasteiger partial charge in [-0.25, -0.2) is 0 Å². The topological polar surface area (TPSA) is 52.6 Å². The van der Waals surface area contributed by atoms with E-state index in [1.807, 2.05) is 36.1 Å². The van der Waals surface area contributed by atoms with Gasteiger partial charge in [0.05, 0.1) is 12.6 Å². The molecule has 18 heavy (non-hydrogen) atoms. The highest BCUT2D eigenvalue weighted by molar-refractivity contribution is 5.97. The number of piperidine rings is 1. The molecule has 1 amide bonds. The number of carbonyl (C=O) groups excluding carboxylic acids is 1.